The predicted octanol–water partition coefficient (Wildman–Crippen LogP) is -0.135. The molecule has 1 amide bonds. The van der Waals surface area contributed by atoms with Crippen LogP contribution in [0.4, 0.5) is 5.82 Å². The van der Waals surface area contributed by atoms with Crippen LogP contribution in [-0.2, 0) is 14.1 Å². The molecule has 3 heterocycles. The van der Waals surface area contributed by atoms with E-state index in [2.05, 4.69) is 10.1 Å². The summed E-state index contributed by atoms with van der Waals surface area (Å²) in [6.07, 6.45) is 4.84. The molecule has 23 heavy (non-hydrogen) atoms. The van der Waals surface area contributed by atoms with E-state index in [4.69, 9.17) is 0 Å². The highest BCUT2D eigenvalue weighted by Gasteiger charge is 2.29. The maximum absolute atomic E-state index is 12.6. The molecule has 1 saturated heterocycles. The molecule has 0 radical (unpaired) electrons. The summed E-state index contributed by atoms with van der Waals surface area (Å²) >= 11 is 0. The first-order chi connectivity index (χ1) is 11.0. The Labute approximate surface area is 134 Å². The maximum Gasteiger partial charge on any atom is 0.257 e. The summed E-state index contributed by atoms with van der Waals surface area (Å²) in [5.74, 6) is 0.649. The zero-order valence-corrected chi connectivity index (χ0v) is 13.5. The molecular formula is C15H20N6O2. The number of hydrogen-bond donors (Lipinski definition) is 0. The minimum Gasteiger partial charge on any atom is -0.353 e. The zero-order valence-electron chi connectivity index (χ0n) is 13.5. The molecule has 1 unspecified atom stereocenters. The zero-order chi connectivity index (χ0) is 16.6. The molecule has 1 aliphatic rings. The number of aryl methyl sites for hydroxylation is 2. The summed E-state index contributed by atoms with van der Waals surface area (Å²) in [5.41, 5.74) is 0.510. The van der Waals surface area contributed by atoms with Gasteiger partial charge in [-0.2, -0.15) is 5.10 Å². The van der Waals surface area contributed by atoms with Gasteiger partial charge in [0.1, 0.15) is 5.82 Å². The van der Waals surface area contributed by atoms with Crippen molar-refractivity contribution in [3.05, 3.63) is 40.7 Å². The predicted molar refractivity (Wildman–Crippen MR) is 85.4 cm³/mol. The lowest BCUT2D eigenvalue weighted by Crippen LogP contribution is -2.54. The minimum atomic E-state index is -0.0866. The quantitative estimate of drug-likeness (QED) is 0.771. The normalized spacial score (nSPS) is 18.3. The second kappa shape index (κ2) is 5.86. The van der Waals surface area contributed by atoms with Crippen LogP contribution in [0.1, 0.15) is 17.3 Å². The van der Waals surface area contributed by atoms with Gasteiger partial charge in [-0.1, -0.05) is 0 Å². The molecule has 2 aromatic heterocycles. The Morgan fingerprint density at radius 2 is 2.09 bits per heavy atom. The van der Waals surface area contributed by atoms with Crippen LogP contribution in [-0.4, -0.2) is 55.8 Å². The number of carbonyl (C=O) groups excluding carboxylic acids is 1. The van der Waals surface area contributed by atoms with Gasteiger partial charge in [0.15, 0.2) is 0 Å². The lowest BCUT2D eigenvalue weighted by molar-refractivity contribution is 0.0673. The van der Waals surface area contributed by atoms with Gasteiger partial charge in [0.05, 0.1) is 18.1 Å². The highest BCUT2D eigenvalue weighted by Crippen LogP contribution is 2.17. The fraction of sp³-hybridized carbons (Fsp3) is 0.467. The highest BCUT2D eigenvalue weighted by molar-refractivity contribution is 5.94. The van der Waals surface area contributed by atoms with Crippen LogP contribution in [0.3, 0.4) is 0 Å². The SMILES string of the molecule is CC1CN(c2cc(=O)n(C)cn2)CCN1C(=O)c1cnn(C)c1. The minimum absolute atomic E-state index is 0.0119. The van der Waals surface area contributed by atoms with Gasteiger partial charge in [0, 0.05) is 52.0 Å². The van der Waals surface area contributed by atoms with E-state index in [1.54, 1.807) is 31.2 Å². The Balaban J connectivity index is 1.73. The average Bonchev–Trinajstić information content (AvgIpc) is 2.96. The fourth-order valence-corrected chi connectivity index (χ4v) is 2.79. The Morgan fingerprint density at radius 3 is 2.70 bits per heavy atom. The topological polar surface area (TPSA) is 76.3 Å². The lowest BCUT2D eigenvalue weighted by Gasteiger charge is -2.40. The van der Waals surface area contributed by atoms with E-state index in [0.717, 1.165) is 0 Å². The molecule has 0 N–H and O–H groups in total. The van der Waals surface area contributed by atoms with E-state index < -0.39 is 0 Å². The summed E-state index contributed by atoms with van der Waals surface area (Å²) in [6.45, 7) is 3.88. The van der Waals surface area contributed by atoms with Crippen molar-refractivity contribution >= 4 is 11.7 Å². The molecule has 2 aromatic rings. The van der Waals surface area contributed by atoms with Crippen molar-refractivity contribution in [1.82, 2.24) is 24.2 Å². The second-order valence-electron chi connectivity index (χ2n) is 5.89. The maximum atomic E-state index is 12.6. The third-order valence-corrected chi connectivity index (χ3v) is 4.13. The Morgan fingerprint density at radius 1 is 1.30 bits per heavy atom. The molecular weight excluding hydrogens is 296 g/mol. The molecule has 1 aliphatic heterocycles. The van der Waals surface area contributed by atoms with Crippen molar-refractivity contribution in [1.29, 1.82) is 0 Å². The summed E-state index contributed by atoms with van der Waals surface area (Å²) in [7, 11) is 3.46. The molecule has 0 aromatic carbocycles. The van der Waals surface area contributed by atoms with Crippen LogP contribution in [0.5, 0.6) is 0 Å². The monoisotopic (exact) mass is 316 g/mol. The average molecular weight is 316 g/mol. The first-order valence-electron chi connectivity index (χ1n) is 7.53. The molecule has 1 atom stereocenters. The number of hydrogen-bond acceptors (Lipinski definition) is 5. The molecule has 0 bridgehead atoms. The van der Waals surface area contributed by atoms with Gasteiger partial charge >= 0.3 is 0 Å². The van der Waals surface area contributed by atoms with Crippen molar-refractivity contribution in [3.8, 4) is 0 Å². The number of rotatable bonds is 2. The van der Waals surface area contributed by atoms with Gasteiger partial charge in [-0.25, -0.2) is 4.98 Å². The fourth-order valence-electron chi connectivity index (χ4n) is 2.79. The molecule has 0 aliphatic carbocycles. The third-order valence-electron chi connectivity index (χ3n) is 4.13. The van der Waals surface area contributed by atoms with E-state index in [0.29, 0.717) is 31.0 Å². The number of anilines is 1. The summed E-state index contributed by atoms with van der Waals surface area (Å²) < 4.78 is 3.06. The van der Waals surface area contributed by atoms with E-state index in [1.165, 1.54) is 17.0 Å². The highest BCUT2D eigenvalue weighted by atomic mass is 16.2. The molecule has 1 fully saturated rings. The van der Waals surface area contributed by atoms with Crippen molar-refractivity contribution in [3.63, 3.8) is 0 Å². The first-order valence-corrected chi connectivity index (χ1v) is 7.53. The Kier molecular flexibility index (Phi) is 3.89. The smallest absolute Gasteiger partial charge is 0.257 e. The molecule has 8 heteroatoms. The van der Waals surface area contributed by atoms with Crippen LogP contribution in [0.2, 0.25) is 0 Å². The van der Waals surface area contributed by atoms with Crippen molar-refractivity contribution in [2.75, 3.05) is 24.5 Å². The lowest BCUT2D eigenvalue weighted by atomic mass is 10.1. The number of amides is 1. The van der Waals surface area contributed by atoms with Gasteiger partial charge in [-0.3, -0.25) is 14.3 Å². The van der Waals surface area contributed by atoms with E-state index >= 15 is 0 Å². The van der Waals surface area contributed by atoms with Gasteiger partial charge < -0.3 is 14.4 Å². The van der Waals surface area contributed by atoms with Gasteiger partial charge in [-0.15, -0.1) is 0 Å². The summed E-state index contributed by atoms with van der Waals surface area (Å²) in [4.78, 5) is 32.5. The van der Waals surface area contributed by atoms with Crippen LogP contribution in [0.25, 0.3) is 0 Å². The largest absolute Gasteiger partial charge is 0.353 e. The summed E-state index contributed by atoms with van der Waals surface area (Å²) in [6, 6.07) is 1.56. The molecule has 8 nitrogen and oxygen atoms in total. The van der Waals surface area contributed by atoms with Crippen molar-refractivity contribution < 1.29 is 4.79 Å². The Bertz CT molecular complexity index is 780. The van der Waals surface area contributed by atoms with Crippen LogP contribution in [0, 0.1) is 0 Å². The van der Waals surface area contributed by atoms with E-state index in [-0.39, 0.29) is 17.5 Å². The van der Waals surface area contributed by atoms with Gasteiger partial charge in [0.25, 0.3) is 11.5 Å². The molecule has 0 saturated carbocycles. The van der Waals surface area contributed by atoms with Crippen molar-refractivity contribution in [2.24, 2.45) is 14.1 Å². The van der Waals surface area contributed by atoms with E-state index in [9.17, 15) is 9.59 Å². The van der Waals surface area contributed by atoms with Gasteiger partial charge in [-0.05, 0) is 6.92 Å². The number of nitrogens with zero attached hydrogens (tertiary/aromatic N) is 6. The third kappa shape index (κ3) is 2.96. The Hall–Kier alpha value is -2.64. The first kappa shape index (κ1) is 15.3. The number of aromatic nitrogens is 4. The van der Waals surface area contributed by atoms with Crippen molar-refractivity contribution in [2.45, 2.75) is 13.0 Å². The number of piperazine rings is 1. The molecule has 0 spiro atoms. The van der Waals surface area contributed by atoms with Gasteiger partial charge in [0.2, 0.25) is 0 Å². The molecule has 3 rings (SSSR count). The van der Waals surface area contributed by atoms with Crippen LogP contribution in [0.15, 0.2) is 29.6 Å². The van der Waals surface area contributed by atoms with E-state index in [1.807, 2.05) is 16.7 Å². The second-order valence-corrected chi connectivity index (χ2v) is 5.89. The van der Waals surface area contributed by atoms with Crippen LogP contribution >= 0.6 is 0 Å². The molecule has 122 valence electrons. The summed E-state index contributed by atoms with van der Waals surface area (Å²) in [5, 5.41) is 4.05. The number of carbonyl (C=O) groups is 1. The standard InChI is InChI=1S/C15H20N6O2/c1-11-8-20(13-6-14(22)18(2)10-16-13)4-5-21(11)15(23)12-7-17-19(3)9-12/h6-7,9-11H,4-5,8H2,1-3H3. The van der Waals surface area contributed by atoms with Crippen LogP contribution < -0.4 is 10.5 Å².